The van der Waals surface area contributed by atoms with E-state index in [0.29, 0.717) is 5.56 Å². The van der Waals surface area contributed by atoms with Crippen LogP contribution >= 0.6 is 0 Å². The van der Waals surface area contributed by atoms with Gasteiger partial charge in [-0.1, -0.05) is 17.2 Å². The van der Waals surface area contributed by atoms with Crippen molar-refractivity contribution in [3.05, 3.63) is 45.6 Å². The zero-order chi connectivity index (χ0) is 8.97. The Bertz CT molecular complexity index is 309. The highest BCUT2D eigenvalue weighted by Crippen LogP contribution is 2.13. The van der Waals surface area contributed by atoms with E-state index in [-0.39, 0.29) is 12.4 Å². The van der Waals surface area contributed by atoms with Crippen LogP contribution in [0.15, 0.2) is 23.3 Å². The van der Waals surface area contributed by atoms with E-state index in [1.54, 1.807) is 19.1 Å². The molecule has 0 radical (unpaired) electrons. The van der Waals surface area contributed by atoms with Crippen LogP contribution in [0, 0.1) is 12.7 Å². The number of nitrogens with zero attached hydrogens (tertiary/aromatic N) is 3. The van der Waals surface area contributed by atoms with Crippen molar-refractivity contribution in [3.63, 3.8) is 0 Å². The molecule has 0 amide bonds. The number of azide groups is 1. The van der Waals surface area contributed by atoms with Crippen molar-refractivity contribution in [3.8, 4) is 0 Å². The van der Waals surface area contributed by atoms with E-state index in [0.717, 1.165) is 5.56 Å². The number of hydrogen-bond acceptors (Lipinski definition) is 1. The molecule has 0 spiro atoms. The van der Waals surface area contributed by atoms with Gasteiger partial charge in [0.15, 0.2) is 0 Å². The Labute approximate surface area is 69.5 Å². The van der Waals surface area contributed by atoms with Crippen molar-refractivity contribution in [2.75, 3.05) is 0 Å². The highest BCUT2D eigenvalue weighted by molar-refractivity contribution is 5.27. The van der Waals surface area contributed by atoms with E-state index in [4.69, 9.17) is 5.53 Å². The van der Waals surface area contributed by atoms with Crippen molar-refractivity contribution >= 4 is 0 Å². The van der Waals surface area contributed by atoms with Gasteiger partial charge in [-0.25, -0.2) is 4.39 Å². The number of rotatable bonds is 2. The van der Waals surface area contributed by atoms with Crippen LogP contribution in [0.25, 0.3) is 10.4 Å². The summed E-state index contributed by atoms with van der Waals surface area (Å²) >= 11 is 0. The van der Waals surface area contributed by atoms with Gasteiger partial charge in [-0.3, -0.25) is 0 Å². The van der Waals surface area contributed by atoms with Gasteiger partial charge in [0.25, 0.3) is 0 Å². The fourth-order valence-corrected chi connectivity index (χ4v) is 0.969. The maximum absolute atomic E-state index is 13.0. The number of halogens is 1. The van der Waals surface area contributed by atoms with Crippen LogP contribution in [0.2, 0.25) is 0 Å². The third-order valence-corrected chi connectivity index (χ3v) is 1.65. The molecule has 0 atom stereocenters. The second-order valence-electron chi connectivity index (χ2n) is 2.42. The molecule has 0 fully saturated rings. The second-order valence-corrected chi connectivity index (χ2v) is 2.42. The summed E-state index contributed by atoms with van der Waals surface area (Å²) < 4.78 is 13.0. The van der Waals surface area contributed by atoms with Crippen LogP contribution in [0.1, 0.15) is 11.1 Å². The van der Waals surface area contributed by atoms with Crippen LogP contribution in [-0.2, 0) is 6.54 Å². The first-order valence-corrected chi connectivity index (χ1v) is 3.50. The Morgan fingerprint density at radius 3 is 2.92 bits per heavy atom. The third-order valence-electron chi connectivity index (χ3n) is 1.65. The van der Waals surface area contributed by atoms with Crippen LogP contribution in [0.4, 0.5) is 4.39 Å². The molecule has 1 aromatic rings. The zero-order valence-corrected chi connectivity index (χ0v) is 6.66. The van der Waals surface area contributed by atoms with Gasteiger partial charge in [-0.2, -0.15) is 0 Å². The van der Waals surface area contributed by atoms with Gasteiger partial charge in [0.1, 0.15) is 5.82 Å². The number of aryl methyl sites for hydroxylation is 1. The standard InChI is InChI=1S/C8H8FN3/c1-6-3-2-4-8(9)7(6)5-11-12-10/h2-4H,5H2,1H3. The predicted molar refractivity (Wildman–Crippen MR) is 44.0 cm³/mol. The van der Waals surface area contributed by atoms with E-state index < -0.39 is 0 Å². The molecule has 12 heavy (non-hydrogen) atoms. The molecule has 3 nitrogen and oxygen atoms in total. The summed E-state index contributed by atoms with van der Waals surface area (Å²) in [6.45, 7) is 1.86. The summed E-state index contributed by atoms with van der Waals surface area (Å²) in [7, 11) is 0. The van der Waals surface area contributed by atoms with Crippen molar-refractivity contribution < 1.29 is 4.39 Å². The van der Waals surface area contributed by atoms with Crippen molar-refractivity contribution in [1.29, 1.82) is 0 Å². The second kappa shape index (κ2) is 3.74. The minimum atomic E-state index is -0.317. The zero-order valence-electron chi connectivity index (χ0n) is 6.66. The largest absolute Gasteiger partial charge is 0.207 e. The molecular formula is C8H8FN3. The molecule has 0 N–H and O–H groups in total. The van der Waals surface area contributed by atoms with E-state index in [2.05, 4.69) is 10.0 Å². The maximum atomic E-state index is 13.0. The SMILES string of the molecule is Cc1cccc(F)c1CN=[N+]=[N-]. The number of hydrogen-bond donors (Lipinski definition) is 0. The molecule has 1 aromatic carbocycles. The first-order valence-electron chi connectivity index (χ1n) is 3.50. The summed E-state index contributed by atoms with van der Waals surface area (Å²) in [4.78, 5) is 2.57. The maximum Gasteiger partial charge on any atom is 0.126 e. The molecular weight excluding hydrogens is 157 g/mol. The summed E-state index contributed by atoms with van der Waals surface area (Å²) in [6.07, 6.45) is 0. The Balaban J connectivity index is 3.03. The van der Waals surface area contributed by atoms with Gasteiger partial charge in [-0.05, 0) is 29.6 Å². The summed E-state index contributed by atoms with van der Waals surface area (Å²) in [5.41, 5.74) is 9.32. The molecule has 62 valence electrons. The average molecular weight is 165 g/mol. The van der Waals surface area contributed by atoms with E-state index in [9.17, 15) is 4.39 Å². The molecule has 0 heterocycles. The van der Waals surface area contributed by atoms with E-state index >= 15 is 0 Å². The van der Waals surface area contributed by atoms with Gasteiger partial charge in [0.05, 0.1) is 6.54 Å². The number of benzene rings is 1. The highest BCUT2D eigenvalue weighted by Gasteiger charge is 2.02. The molecule has 0 aliphatic heterocycles. The molecule has 0 aliphatic carbocycles. The Kier molecular flexibility index (Phi) is 2.66. The lowest BCUT2D eigenvalue weighted by Crippen LogP contribution is -1.91. The average Bonchev–Trinajstić information content (AvgIpc) is 2.04. The summed E-state index contributed by atoms with van der Waals surface area (Å²) in [5, 5.41) is 3.30. The normalized spacial score (nSPS) is 9.17. The fraction of sp³-hybridized carbons (Fsp3) is 0.250. The van der Waals surface area contributed by atoms with E-state index in [1.807, 2.05) is 0 Å². The first-order chi connectivity index (χ1) is 5.75. The minimum absolute atomic E-state index is 0.0784. The predicted octanol–water partition coefficient (Wildman–Crippen LogP) is 2.94. The molecule has 0 saturated carbocycles. The monoisotopic (exact) mass is 165 g/mol. The van der Waals surface area contributed by atoms with Gasteiger partial charge in [0.2, 0.25) is 0 Å². The Hall–Kier alpha value is -1.54. The van der Waals surface area contributed by atoms with Crippen molar-refractivity contribution in [2.45, 2.75) is 13.5 Å². The lowest BCUT2D eigenvalue weighted by atomic mass is 10.1. The molecule has 0 aliphatic rings. The van der Waals surface area contributed by atoms with Gasteiger partial charge < -0.3 is 0 Å². The van der Waals surface area contributed by atoms with Crippen LogP contribution in [0.3, 0.4) is 0 Å². The lowest BCUT2D eigenvalue weighted by molar-refractivity contribution is 0.608. The van der Waals surface area contributed by atoms with Gasteiger partial charge in [0, 0.05) is 4.91 Å². The highest BCUT2D eigenvalue weighted by atomic mass is 19.1. The minimum Gasteiger partial charge on any atom is -0.207 e. The molecule has 1 rings (SSSR count). The first kappa shape index (κ1) is 8.56. The van der Waals surface area contributed by atoms with Crippen LogP contribution in [0.5, 0.6) is 0 Å². The smallest absolute Gasteiger partial charge is 0.126 e. The van der Waals surface area contributed by atoms with Gasteiger partial charge in [-0.15, -0.1) is 0 Å². The van der Waals surface area contributed by atoms with E-state index in [1.165, 1.54) is 6.07 Å². The van der Waals surface area contributed by atoms with Gasteiger partial charge >= 0.3 is 0 Å². The third kappa shape index (κ3) is 1.74. The topological polar surface area (TPSA) is 48.8 Å². The summed E-state index contributed by atoms with van der Waals surface area (Å²) in [5.74, 6) is -0.317. The Morgan fingerprint density at radius 2 is 2.33 bits per heavy atom. The summed E-state index contributed by atoms with van der Waals surface area (Å²) in [6, 6.07) is 4.77. The van der Waals surface area contributed by atoms with Crippen LogP contribution in [-0.4, -0.2) is 0 Å². The molecule has 0 unspecified atom stereocenters. The Morgan fingerprint density at radius 1 is 1.58 bits per heavy atom. The molecule has 0 aromatic heterocycles. The van der Waals surface area contributed by atoms with Crippen molar-refractivity contribution in [1.82, 2.24) is 0 Å². The molecule has 0 bridgehead atoms. The van der Waals surface area contributed by atoms with Crippen molar-refractivity contribution in [2.24, 2.45) is 5.11 Å². The lowest BCUT2D eigenvalue weighted by Gasteiger charge is -2.01. The van der Waals surface area contributed by atoms with Crippen LogP contribution < -0.4 is 0 Å². The molecule has 4 heteroatoms. The fourth-order valence-electron chi connectivity index (χ4n) is 0.969. The molecule has 0 saturated heterocycles. The quantitative estimate of drug-likeness (QED) is 0.367.